The summed E-state index contributed by atoms with van der Waals surface area (Å²) >= 11 is 2.02. The van der Waals surface area contributed by atoms with E-state index < -0.39 is 0 Å². The fourth-order valence-corrected chi connectivity index (χ4v) is 3.91. The van der Waals surface area contributed by atoms with Gasteiger partial charge < -0.3 is 0 Å². The van der Waals surface area contributed by atoms with Crippen molar-refractivity contribution in [1.82, 2.24) is 4.90 Å². The van der Waals surface area contributed by atoms with Crippen molar-refractivity contribution >= 4 is 17.5 Å². The second-order valence-electron chi connectivity index (χ2n) is 5.24. The van der Waals surface area contributed by atoms with Crippen LogP contribution in [0.25, 0.3) is 0 Å². The molecule has 3 heteroatoms. The molecule has 1 fully saturated rings. The minimum Gasteiger partial charge on any atom is -0.294 e. The summed E-state index contributed by atoms with van der Waals surface area (Å²) in [6.07, 6.45) is 0. The number of benzene rings is 1. The number of aryl methyl sites for hydroxylation is 1. The average Bonchev–Trinajstić information content (AvgIpc) is 2.27. The van der Waals surface area contributed by atoms with Gasteiger partial charge in [-0.05, 0) is 13.0 Å². The van der Waals surface area contributed by atoms with E-state index in [2.05, 4.69) is 18.7 Å². The van der Waals surface area contributed by atoms with Crippen LogP contribution in [0.3, 0.4) is 0 Å². The maximum atomic E-state index is 12.2. The lowest BCUT2D eigenvalue weighted by Gasteiger charge is -2.34. The first-order valence-electron chi connectivity index (χ1n) is 6.52. The normalized spacial score (nSPS) is 25.1. The van der Waals surface area contributed by atoms with E-state index in [-0.39, 0.29) is 5.78 Å². The third-order valence-electron chi connectivity index (χ3n) is 3.20. The molecule has 18 heavy (non-hydrogen) atoms. The van der Waals surface area contributed by atoms with Crippen LogP contribution in [0.1, 0.15) is 29.8 Å². The Hall–Kier alpha value is -0.800. The highest BCUT2D eigenvalue weighted by molar-refractivity contribution is 8.00. The molecule has 98 valence electrons. The molecule has 2 unspecified atom stereocenters. The Morgan fingerprint density at radius 3 is 2.61 bits per heavy atom. The maximum absolute atomic E-state index is 12.2. The van der Waals surface area contributed by atoms with Crippen molar-refractivity contribution in [2.45, 2.75) is 31.3 Å². The minimum atomic E-state index is 0.241. The SMILES string of the molecule is Cc1cccc(C(=O)CN2CC(C)SC(C)C2)c1. The Bertz CT molecular complexity index is 422. The van der Waals surface area contributed by atoms with Gasteiger partial charge in [0.2, 0.25) is 0 Å². The Morgan fingerprint density at radius 1 is 1.33 bits per heavy atom. The summed E-state index contributed by atoms with van der Waals surface area (Å²) in [5.41, 5.74) is 1.99. The maximum Gasteiger partial charge on any atom is 0.176 e. The molecule has 0 amide bonds. The van der Waals surface area contributed by atoms with E-state index >= 15 is 0 Å². The van der Waals surface area contributed by atoms with Gasteiger partial charge >= 0.3 is 0 Å². The number of carbonyl (C=O) groups excluding carboxylic acids is 1. The molecular weight excluding hydrogens is 242 g/mol. The van der Waals surface area contributed by atoms with Crippen LogP contribution < -0.4 is 0 Å². The minimum absolute atomic E-state index is 0.241. The molecule has 1 aliphatic heterocycles. The van der Waals surface area contributed by atoms with E-state index in [9.17, 15) is 4.79 Å². The van der Waals surface area contributed by atoms with Gasteiger partial charge in [0, 0.05) is 29.2 Å². The Morgan fingerprint density at radius 2 is 2.00 bits per heavy atom. The second-order valence-corrected chi connectivity index (χ2v) is 7.13. The zero-order valence-corrected chi connectivity index (χ0v) is 12.2. The molecule has 0 saturated carbocycles. The van der Waals surface area contributed by atoms with E-state index in [4.69, 9.17) is 0 Å². The van der Waals surface area contributed by atoms with Crippen LogP contribution in [0.15, 0.2) is 24.3 Å². The van der Waals surface area contributed by atoms with E-state index in [0.717, 1.165) is 24.2 Å². The van der Waals surface area contributed by atoms with Gasteiger partial charge in [0.05, 0.1) is 6.54 Å². The molecule has 1 aromatic rings. The first-order chi connectivity index (χ1) is 8.54. The van der Waals surface area contributed by atoms with Gasteiger partial charge in [-0.3, -0.25) is 9.69 Å². The number of nitrogens with zero attached hydrogens (tertiary/aromatic N) is 1. The molecule has 0 radical (unpaired) electrons. The van der Waals surface area contributed by atoms with E-state index in [0.29, 0.717) is 17.0 Å². The molecule has 1 heterocycles. The van der Waals surface area contributed by atoms with Crippen molar-refractivity contribution in [2.24, 2.45) is 0 Å². The molecule has 0 aliphatic carbocycles. The van der Waals surface area contributed by atoms with Crippen molar-refractivity contribution < 1.29 is 4.79 Å². The van der Waals surface area contributed by atoms with Crippen molar-refractivity contribution in [3.8, 4) is 0 Å². The van der Waals surface area contributed by atoms with Gasteiger partial charge in [-0.25, -0.2) is 0 Å². The lowest BCUT2D eigenvalue weighted by atomic mass is 10.1. The molecule has 1 aromatic carbocycles. The Labute approximate surface area is 114 Å². The zero-order valence-electron chi connectivity index (χ0n) is 11.3. The Balaban J connectivity index is 1.99. The molecule has 0 spiro atoms. The predicted octanol–water partition coefficient (Wildman–Crippen LogP) is 3.00. The summed E-state index contributed by atoms with van der Waals surface area (Å²) in [6.45, 7) is 9.10. The fourth-order valence-electron chi connectivity index (χ4n) is 2.53. The number of hydrogen-bond donors (Lipinski definition) is 0. The van der Waals surface area contributed by atoms with E-state index in [1.807, 2.05) is 43.0 Å². The number of hydrogen-bond acceptors (Lipinski definition) is 3. The topological polar surface area (TPSA) is 20.3 Å². The van der Waals surface area contributed by atoms with Gasteiger partial charge in [-0.1, -0.05) is 37.6 Å². The summed E-state index contributed by atoms with van der Waals surface area (Å²) in [6, 6.07) is 7.88. The van der Waals surface area contributed by atoms with Crippen molar-refractivity contribution in [2.75, 3.05) is 19.6 Å². The number of ketones is 1. The van der Waals surface area contributed by atoms with Crippen molar-refractivity contribution in [3.63, 3.8) is 0 Å². The summed E-state index contributed by atoms with van der Waals surface area (Å²) < 4.78 is 0. The summed E-state index contributed by atoms with van der Waals surface area (Å²) in [5.74, 6) is 0.241. The summed E-state index contributed by atoms with van der Waals surface area (Å²) in [7, 11) is 0. The number of Topliss-reactive ketones (excluding diaryl/α,β-unsaturated/α-hetero) is 1. The third-order valence-corrected chi connectivity index (χ3v) is 4.43. The third kappa shape index (κ3) is 3.59. The smallest absolute Gasteiger partial charge is 0.176 e. The van der Waals surface area contributed by atoms with E-state index in [1.165, 1.54) is 0 Å². The largest absolute Gasteiger partial charge is 0.294 e. The van der Waals surface area contributed by atoms with Crippen LogP contribution in [0.5, 0.6) is 0 Å². The molecule has 2 nitrogen and oxygen atoms in total. The lowest BCUT2D eigenvalue weighted by molar-refractivity contribution is 0.0930. The molecule has 0 bridgehead atoms. The molecule has 0 N–H and O–H groups in total. The van der Waals surface area contributed by atoms with Crippen LogP contribution in [0, 0.1) is 6.92 Å². The zero-order chi connectivity index (χ0) is 13.1. The van der Waals surface area contributed by atoms with Crippen molar-refractivity contribution in [1.29, 1.82) is 0 Å². The second kappa shape index (κ2) is 5.89. The van der Waals surface area contributed by atoms with Gasteiger partial charge in [-0.15, -0.1) is 0 Å². The molecular formula is C15H21NOS. The van der Waals surface area contributed by atoms with Crippen LogP contribution >= 0.6 is 11.8 Å². The number of rotatable bonds is 3. The van der Waals surface area contributed by atoms with Crippen molar-refractivity contribution in [3.05, 3.63) is 35.4 Å². The standard InChI is InChI=1S/C15H21NOS/c1-11-5-4-6-14(7-11)15(17)10-16-8-12(2)18-13(3)9-16/h4-7,12-13H,8-10H2,1-3H3. The van der Waals surface area contributed by atoms with E-state index in [1.54, 1.807) is 0 Å². The average molecular weight is 263 g/mol. The van der Waals surface area contributed by atoms with Crippen LogP contribution in [0.2, 0.25) is 0 Å². The fraction of sp³-hybridized carbons (Fsp3) is 0.533. The summed E-state index contributed by atoms with van der Waals surface area (Å²) in [4.78, 5) is 14.5. The number of carbonyl (C=O) groups is 1. The molecule has 2 atom stereocenters. The Kier molecular flexibility index (Phi) is 4.46. The molecule has 2 rings (SSSR count). The number of thioether (sulfide) groups is 1. The van der Waals surface area contributed by atoms with Gasteiger partial charge in [-0.2, -0.15) is 11.8 Å². The monoisotopic (exact) mass is 263 g/mol. The van der Waals surface area contributed by atoms with Gasteiger partial charge in [0.25, 0.3) is 0 Å². The predicted molar refractivity (Wildman–Crippen MR) is 78.5 cm³/mol. The van der Waals surface area contributed by atoms with Gasteiger partial charge in [0.15, 0.2) is 5.78 Å². The highest BCUT2D eigenvalue weighted by atomic mass is 32.2. The van der Waals surface area contributed by atoms with Gasteiger partial charge in [0.1, 0.15) is 0 Å². The molecule has 1 saturated heterocycles. The first-order valence-corrected chi connectivity index (χ1v) is 7.46. The highest BCUT2D eigenvalue weighted by Gasteiger charge is 2.23. The molecule has 1 aliphatic rings. The molecule has 0 aromatic heterocycles. The quantitative estimate of drug-likeness (QED) is 0.782. The lowest BCUT2D eigenvalue weighted by Crippen LogP contribution is -2.42. The van der Waals surface area contributed by atoms with Crippen LogP contribution in [-0.4, -0.2) is 40.8 Å². The van der Waals surface area contributed by atoms with Crippen LogP contribution in [0.4, 0.5) is 0 Å². The summed E-state index contributed by atoms with van der Waals surface area (Å²) in [5, 5.41) is 1.25. The first kappa shape index (κ1) is 13.6. The highest BCUT2D eigenvalue weighted by Crippen LogP contribution is 2.24. The van der Waals surface area contributed by atoms with Crippen LogP contribution in [-0.2, 0) is 0 Å².